The lowest BCUT2D eigenvalue weighted by Crippen LogP contribution is -2.42. The highest BCUT2D eigenvalue weighted by Gasteiger charge is 2.19. The number of nitrogens with zero attached hydrogens (tertiary/aromatic N) is 1. The van der Waals surface area contributed by atoms with Crippen molar-refractivity contribution >= 4 is 16.8 Å². The molecule has 1 amide bonds. The predicted molar refractivity (Wildman–Crippen MR) is 96.5 cm³/mol. The van der Waals surface area contributed by atoms with Crippen LogP contribution in [0.15, 0.2) is 48.7 Å². The van der Waals surface area contributed by atoms with Gasteiger partial charge in [0, 0.05) is 23.2 Å². The number of rotatable bonds is 2. The maximum atomic E-state index is 13.7. The van der Waals surface area contributed by atoms with Crippen molar-refractivity contribution in [3.8, 4) is 11.8 Å². The molecule has 6 heteroatoms. The fourth-order valence-corrected chi connectivity index (χ4v) is 2.49. The van der Waals surface area contributed by atoms with Crippen molar-refractivity contribution in [2.24, 2.45) is 0 Å². The summed E-state index contributed by atoms with van der Waals surface area (Å²) >= 11 is 0. The van der Waals surface area contributed by atoms with Gasteiger partial charge in [-0.25, -0.2) is 13.2 Å². The van der Waals surface area contributed by atoms with E-state index in [1.54, 1.807) is 19.9 Å². The second-order valence-corrected chi connectivity index (χ2v) is 6.52. The van der Waals surface area contributed by atoms with Crippen LogP contribution in [0, 0.1) is 29.3 Å². The lowest BCUT2D eigenvalue weighted by atomic mass is 10.0. The summed E-state index contributed by atoms with van der Waals surface area (Å²) in [5.74, 6) is 3.07. The SMILES string of the molecule is CC(C)(C#Cc1cc(F)cc(F)c1)NC(=O)c1cnc2c(F)cccc2c1. The van der Waals surface area contributed by atoms with Gasteiger partial charge in [0.2, 0.25) is 0 Å². The van der Waals surface area contributed by atoms with Crippen LogP contribution in [0.3, 0.4) is 0 Å². The summed E-state index contributed by atoms with van der Waals surface area (Å²) in [6.45, 7) is 3.31. The molecule has 0 bridgehead atoms. The standard InChI is InChI=1S/C21H15F3N2O/c1-21(2,7-6-13-8-16(22)11-17(23)9-13)26-20(27)15-10-14-4-3-5-18(24)19(14)25-12-15/h3-5,8-12H,1-2H3,(H,26,27). The van der Waals surface area contributed by atoms with Crippen LogP contribution in [0.4, 0.5) is 13.2 Å². The molecule has 0 unspecified atom stereocenters. The third-order valence-electron chi connectivity index (χ3n) is 3.73. The number of pyridine rings is 1. The highest BCUT2D eigenvalue weighted by molar-refractivity contribution is 5.97. The predicted octanol–water partition coefficient (Wildman–Crippen LogP) is 4.21. The first kappa shape index (κ1) is 18.5. The number of amides is 1. The number of fused-ring (bicyclic) bond motifs is 1. The number of hydrogen-bond acceptors (Lipinski definition) is 2. The minimum atomic E-state index is -0.975. The first-order valence-corrected chi connectivity index (χ1v) is 8.09. The Kier molecular flexibility index (Phi) is 4.87. The Balaban J connectivity index is 1.81. The molecule has 2 aromatic carbocycles. The van der Waals surface area contributed by atoms with Crippen LogP contribution in [0.1, 0.15) is 29.8 Å². The zero-order valence-electron chi connectivity index (χ0n) is 14.6. The molecule has 27 heavy (non-hydrogen) atoms. The molecule has 0 saturated carbocycles. The van der Waals surface area contributed by atoms with Gasteiger partial charge in [0.05, 0.1) is 11.1 Å². The Labute approximate surface area is 154 Å². The number of para-hydroxylation sites is 1. The Bertz CT molecular complexity index is 1080. The van der Waals surface area contributed by atoms with E-state index in [4.69, 9.17) is 0 Å². The average molecular weight is 368 g/mol. The van der Waals surface area contributed by atoms with Gasteiger partial charge in [-0.3, -0.25) is 9.78 Å². The van der Waals surface area contributed by atoms with Crippen LogP contribution < -0.4 is 5.32 Å². The fourth-order valence-electron chi connectivity index (χ4n) is 2.49. The molecule has 0 spiro atoms. The smallest absolute Gasteiger partial charge is 0.254 e. The van der Waals surface area contributed by atoms with Crippen molar-refractivity contribution in [1.29, 1.82) is 0 Å². The molecular formula is C21H15F3N2O. The van der Waals surface area contributed by atoms with Gasteiger partial charge in [-0.05, 0) is 38.1 Å². The molecule has 0 fully saturated rings. The lowest BCUT2D eigenvalue weighted by molar-refractivity contribution is 0.0929. The van der Waals surface area contributed by atoms with Gasteiger partial charge in [-0.15, -0.1) is 0 Å². The summed E-state index contributed by atoms with van der Waals surface area (Å²) in [6.07, 6.45) is 1.28. The third-order valence-corrected chi connectivity index (χ3v) is 3.73. The van der Waals surface area contributed by atoms with Crippen LogP contribution in [0.5, 0.6) is 0 Å². The largest absolute Gasteiger partial charge is 0.336 e. The Hall–Kier alpha value is -3.33. The van der Waals surface area contributed by atoms with E-state index >= 15 is 0 Å². The average Bonchev–Trinajstić information content (AvgIpc) is 2.59. The number of carbonyl (C=O) groups excluding carboxylic acids is 1. The normalized spacial score (nSPS) is 11.0. The highest BCUT2D eigenvalue weighted by Crippen LogP contribution is 2.17. The summed E-state index contributed by atoms with van der Waals surface area (Å²) in [5, 5.41) is 3.22. The first-order chi connectivity index (χ1) is 12.7. The van der Waals surface area contributed by atoms with Gasteiger partial charge in [0.25, 0.3) is 5.91 Å². The van der Waals surface area contributed by atoms with E-state index in [9.17, 15) is 18.0 Å². The quantitative estimate of drug-likeness (QED) is 0.689. The molecule has 136 valence electrons. The number of hydrogen-bond donors (Lipinski definition) is 1. The van der Waals surface area contributed by atoms with Gasteiger partial charge in [-0.2, -0.15) is 0 Å². The van der Waals surface area contributed by atoms with E-state index in [-0.39, 0.29) is 16.6 Å². The monoisotopic (exact) mass is 368 g/mol. The van der Waals surface area contributed by atoms with Crippen LogP contribution in [0.25, 0.3) is 10.9 Å². The molecular weight excluding hydrogens is 353 g/mol. The van der Waals surface area contributed by atoms with Crippen LogP contribution in [0.2, 0.25) is 0 Å². The number of carbonyl (C=O) groups is 1. The Morgan fingerprint density at radius 3 is 2.48 bits per heavy atom. The molecule has 0 aliphatic rings. The van der Waals surface area contributed by atoms with E-state index < -0.39 is 28.9 Å². The molecule has 1 heterocycles. The maximum Gasteiger partial charge on any atom is 0.254 e. The molecule has 1 aromatic heterocycles. The van der Waals surface area contributed by atoms with Crippen molar-refractivity contribution in [2.75, 3.05) is 0 Å². The molecule has 0 aliphatic carbocycles. The minimum absolute atomic E-state index is 0.165. The highest BCUT2D eigenvalue weighted by atomic mass is 19.1. The molecule has 0 radical (unpaired) electrons. The van der Waals surface area contributed by atoms with Gasteiger partial charge in [0.1, 0.15) is 23.0 Å². The van der Waals surface area contributed by atoms with E-state index in [0.717, 1.165) is 18.2 Å². The fraction of sp³-hybridized carbons (Fsp3) is 0.143. The number of benzene rings is 2. The molecule has 0 saturated heterocycles. The number of nitrogens with one attached hydrogen (secondary N) is 1. The first-order valence-electron chi connectivity index (χ1n) is 8.09. The van der Waals surface area contributed by atoms with Crippen LogP contribution in [-0.4, -0.2) is 16.4 Å². The molecule has 3 aromatic rings. The zero-order valence-corrected chi connectivity index (χ0v) is 14.6. The summed E-state index contributed by atoms with van der Waals surface area (Å²) < 4.78 is 40.1. The van der Waals surface area contributed by atoms with E-state index in [1.807, 2.05) is 0 Å². The van der Waals surface area contributed by atoms with Crippen molar-refractivity contribution in [3.05, 3.63) is 77.2 Å². The molecule has 3 nitrogen and oxygen atoms in total. The molecule has 0 atom stereocenters. The van der Waals surface area contributed by atoms with Crippen molar-refractivity contribution in [3.63, 3.8) is 0 Å². The number of halogens is 3. The van der Waals surface area contributed by atoms with Crippen molar-refractivity contribution in [1.82, 2.24) is 10.3 Å². The van der Waals surface area contributed by atoms with Gasteiger partial charge < -0.3 is 5.32 Å². The number of aromatic nitrogens is 1. The summed E-state index contributed by atoms with van der Waals surface area (Å²) in [4.78, 5) is 16.5. The molecule has 0 aliphatic heterocycles. The van der Waals surface area contributed by atoms with Crippen LogP contribution >= 0.6 is 0 Å². The lowest BCUT2D eigenvalue weighted by Gasteiger charge is -2.20. The second-order valence-electron chi connectivity index (χ2n) is 6.52. The Morgan fingerprint density at radius 2 is 1.78 bits per heavy atom. The topological polar surface area (TPSA) is 42.0 Å². The molecule has 1 N–H and O–H groups in total. The van der Waals surface area contributed by atoms with E-state index in [0.29, 0.717) is 5.39 Å². The second kappa shape index (κ2) is 7.12. The third kappa shape index (κ3) is 4.45. The van der Waals surface area contributed by atoms with E-state index in [1.165, 1.54) is 24.4 Å². The zero-order chi connectivity index (χ0) is 19.6. The maximum absolute atomic E-state index is 13.7. The van der Waals surface area contributed by atoms with Gasteiger partial charge >= 0.3 is 0 Å². The van der Waals surface area contributed by atoms with Crippen molar-refractivity contribution < 1.29 is 18.0 Å². The van der Waals surface area contributed by atoms with Crippen LogP contribution in [-0.2, 0) is 0 Å². The summed E-state index contributed by atoms with van der Waals surface area (Å²) in [5.41, 5.74) is -0.379. The minimum Gasteiger partial charge on any atom is -0.336 e. The van der Waals surface area contributed by atoms with Gasteiger partial charge in [-0.1, -0.05) is 24.0 Å². The summed E-state index contributed by atoms with van der Waals surface area (Å²) in [7, 11) is 0. The van der Waals surface area contributed by atoms with Crippen molar-refractivity contribution in [2.45, 2.75) is 19.4 Å². The van der Waals surface area contributed by atoms with E-state index in [2.05, 4.69) is 22.1 Å². The Morgan fingerprint density at radius 1 is 1.07 bits per heavy atom. The summed E-state index contributed by atoms with van der Waals surface area (Å²) in [6, 6.07) is 8.99. The van der Waals surface area contributed by atoms with Gasteiger partial charge in [0.15, 0.2) is 0 Å². The molecule has 3 rings (SSSR count).